The second-order valence-corrected chi connectivity index (χ2v) is 8.64. The number of rotatable bonds is 7. The van der Waals surface area contributed by atoms with Crippen molar-refractivity contribution in [2.75, 3.05) is 18.8 Å². The van der Waals surface area contributed by atoms with E-state index in [4.69, 9.17) is 4.42 Å². The maximum absolute atomic E-state index is 13.8. The number of guanidine groups is 1. The molecule has 2 N–H and O–H groups in total. The standard InChI is InChI=1S/C21H24FN3O3S.HI/c1-3-23-21(24-12-13-29(26,27)20-11-7-5-9-17(20)22)25-15(2)19-14-16-8-4-6-10-18(16)28-19;/h4-11,14-15H,3,12-13H2,1-2H3,(H2,23,24,25);1H. The summed E-state index contributed by atoms with van der Waals surface area (Å²) in [5, 5.41) is 7.30. The summed E-state index contributed by atoms with van der Waals surface area (Å²) in [5.74, 6) is 0.170. The number of halogens is 2. The van der Waals surface area contributed by atoms with Gasteiger partial charge in [-0.3, -0.25) is 4.99 Å². The number of furan rings is 1. The average molecular weight is 545 g/mol. The minimum Gasteiger partial charge on any atom is -0.459 e. The third kappa shape index (κ3) is 5.94. The SMILES string of the molecule is CCNC(=NCCS(=O)(=O)c1ccccc1F)NC(C)c1cc2ccccc2o1.I. The summed E-state index contributed by atoms with van der Waals surface area (Å²) >= 11 is 0. The molecule has 9 heteroatoms. The Bertz CT molecular complexity index is 1080. The van der Waals surface area contributed by atoms with Gasteiger partial charge < -0.3 is 15.1 Å². The van der Waals surface area contributed by atoms with Gasteiger partial charge in [-0.05, 0) is 38.1 Å². The molecular weight excluding hydrogens is 520 g/mol. The lowest BCUT2D eigenvalue weighted by atomic mass is 10.2. The van der Waals surface area contributed by atoms with Gasteiger partial charge in [0.1, 0.15) is 22.1 Å². The Kier molecular flexibility index (Phi) is 8.65. The van der Waals surface area contributed by atoms with Crippen molar-refractivity contribution in [2.45, 2.75) is 24.8 Å². The molecule has 1 atom stereocenters. The molecule has 0 aliphatic rings. The van der Waals surface area contributed by atoms with E-state index in [9.17, 15) is 12.8 Å². The van der Waals surface area contributed by atoms with Crippen LogP contribution in [0, 0.1) is 5.82 Å². The van der Waals surface area contributed by atoms with E-state index in [1.165, 1.54) is 18.2 Å². The van der Waals surface area contributed by atoms with Crippen LogP contribution in [0.5, 0.6) is 0 Å². The van der Waals surface area contributed by atoms with E-state index in [0.717, 1.165) is 22.8 Å². The van der Waals surface area contributed by atoms with E-state index in [-0.39, 0.29) is 47.2 Å². The number of hydrogen-bond acceptors (Lipinski definition) is 4. The number of sulfone groups is 1. The van der Waals surface area contributed by atoms with Gasteiger partial charge in [-0.1, -0.05) is 30.3 Å². The van der Waals surface area contributed by atoms with Crippen LogP contribution in [0.2, 0.25) is 0 Å². The topological polar surface area (TPSA) is 83.7 Å². The van der Waals surface area contributed by atoms with E-state index in [0.29, 0.717) is 12.5 Å². The second-order valence-electron chi connectivity index (χ2n) is 6.56. The van der Waals surface area contributed by atoms with Crippen molar-refractivity contribution in [3.05, 3.63) is 66.2 Å². The highest BCUT2D eigenvalue weighted by Gasteiger charge is 2.18. The van der Waals surface area contributed by atoms with Crippen LogP contribution in [-0.4, -0.2) is 33.2 Å². The maximum atomic E-state index is 13.8. The molecule has 0 fully saturated rings. The third-order valence-electron chi connectivity index (χ3n) is 4.37. The van der Waals surface area contributed by atoms with Crippen LogP contribution in [0.4, 0.5) is 4.39 Å². The van der Waals surface area contributed by atoms with Gasteiger partial charge >= 0.3 is 0 Å². The summed E-state index contributed by atoms with van der Waals surface area (Å²) < 4.78 is 44.4. The van der Waals surface area contributed by atoms with Crippen molar-refractivity contribution in [2.24, 2.45) is 4.99 Å². The molecule has 3 aromatic rings. The van der Waals surface area contributed by atoms with Crippen LogP contribution in [0.3, 0.4) is 0 Å². The fraction of sp³-hybridized carbons (Fsp3) is 0.286. The molecule has 0 radical (unpaired) electrons. The van der Waals surface area contributed by atoms with E-state index in [1.807, 2.05) is 44.2 Å². The molecule has 0 aliphatic carbocycles. The van der Waals surface area contributed by atoms with Gasteiger partial charge in [-0.2, -0.15) is 0 Å². The van der Waals surface area contributed by atoms with Gasteiger partial charge in [0.2, 0.25) is 0 Å². The molecule has 1 heterocycles. The Labute approximate surface area is 192 Å². The Morgan fingerprint density at radius 2 is 1.87 bits per heavy atom. The fourth-order valence-corrected chi connectivity index (χ4v) is 4.10. The van der Waals surface area contributed by atoms with Crippen LogP contribution in [0.1, 0.15) is 25.6 Å². The summed E-state index contributed by atoms with van der Waals surface area (Å²) in [6, 6.07) is 14.9. The van der Waals surface area contributed by atoms with Crippen LogP contribution in [0.25, 0.3) is 11.0 Å². The summed E-state index contributed by atoms with van der Waals surface area (Å²) in [7, 11) is -3.76. The lowest BCUT2D eigenvalue weighted by molar-refractivity contribution is 0.488. The molecule has 2 aromatic carbocycles. The smallest absolute Gasteiger partial charge is 0.191 e. The van der Waals surface area contributed by atoms with Gasteiger partial charge in [0.15, 0.2) is 15.8 Å². The van der Waals surface area contributed by atoms with E-state index >= 15 is 0 Å². The quantitative estimate of drug-likeness (QED) is 0.263. The van der Waals surface area contributed by atoms with Crippen molar-refractivity contribution >= 4 is 50.7 Å². The first-order chi connectivity index (χ1) is 13.9. The van der Waals surface area contributed by atoms with Crippen LogP contribution in [0.15, 0.2) is 68.9 Å². The van der Waals surface area contributed by atoms with Crippen LogP contribution >= 0.6 is 24.0 Å². The lowest BCUT2D eigenvalue weighted by Crippen LogP contribution is -2.39. The van der Waals surface area contributed by atoms with Gasteiger partial charge in [0.25, 0.3) is 0 Å². The molecule has 0 saturated carbocycles. The molecule has 6 nitrogen and oxygen atoms in total. The zero-order chi connectivity index (χ0) is 20.9. The minimum absolute atomic E-state index is 0. The first-order valence-corrected chi connectivity index (χ1v) is 11.1. The van der Waals surface area contributed by atoms with E-state index in [1.54, 1.807) is 0 Å². The molecule has 30 heavy (non-hydrogen) atoms. The summed E-state index contributed by atoms with van der Waals surface area (Å²) in [6.07, 6.45) is 0. The zero-order valence-corrected chi connectivity index (χ0v) is 19.9. The van der Waals surface area contributed by atoms with Crippen molar-refractivity contribution < 1.29 is 17.2 Å². The van der Waals surface area contributed by atoms with E-state index in [2.05, 4.69) is 15.6 Å². The number of nitrogens with zero attached hydrogens (tertiary/aromatic N) is 1. The predicted molar refractivity (Wildman–Crippen MR) is 128 cm³/mol. The molecule has 0 bridgehead atoms. The summed E-state index contributed by atoms with van der Waals surface area (Å²) in [4.78, 5) is 4.02. The molecule has 0 spiro atoms. The highest BCUT2D eigenvalue weighted by Crippen LogP contribution is 2.23. The second kappa shape index (κ2) is 10.8. The molecule has 1 unspecified atom stereocenters. The normalized spacial score (nSPS) is 13.0. The number of hydrogen-bond donors (Lipinski definition) is 2. The van der Waals surface area contributed by atoms with Gasteiger partial charge in [0.05, 0.1) is 18.3 Å². The van der Waals surface area contributed by atoms with Gasteiger partial charge in [-0.15, -0.1) is 24.0 Å². The van der Waals surface area contributed by atoms with E-state index < -0.39 is 15.7 Å². The summed E-state index contributed by atoms with van der Waals surface area (Å²) in [6.45, 7) is 4.46. The molecule has 0 aliphatic heterocycles. The van der Waals surface area contributed by atoms with Crippen molar-refractivity contribution in [3.63, 3.8) is 0 Å². The van der Waals surface area contributed by atoms with Crippen LogP contribution < -0.4 is 10.6 Å². The first-order valence-electron chi connectivity index (χ1n) is 9.41. The Morgan fingerprint density at radius 1 is 1.17 bits per heavy atom. The highest BCUT2D eigenvalue weighted by atomic mass is 127. The zero-order valence-electron chi connectivity index (χ0n) is 16.8. The minimum atomic E-state index is -3.76. The number of fused-ring (bicyclic) bond motifs is 1. The fourth-order valence-electron chi connectivity index (χ4n) is 2.90. The Hall–Kier alpha value is -2.14. The average Bonchev–Trinajstić information content (AvgIpc) is 3.12. The lowest BCUT2D eigenvalue weighted by Gasteiger charge is -2.16. The summed E-state index contributed by atoms with van der Waals surface area (Å²) in [5.41, 5.74) is 0.800. The Balaban J connectivity index is 0.00000320. The number of nitrogens with one attached hydrogen (secondary N) is 2. The first kappa shape index (κ1) is 24.1. The molecule has 0 amide bonds. The highest BCUT2D eigenvalue weighted by molar-refractivity contribution is 14.0. The van der Waals surface area contributed by atoms with Crippen molar-refractivity contribution in [1.82, 2.24) is 10.6 Å². The van der Waals surface area contributed by atoms with Gasteiger partial charge in [-0.25, -0.2) is 12.8 Å². The predicted octanol–water partition coefficient (Wildman–Crippen LogP) is 4.28. The molecule has 1 aromatic heterocycles. The number of para-hydroxylation sites is 1. The molecular formula is C21H25FIN3O3S. The Morgan fingerprint density at radius 3 is 2.57 bits per heavy atom. The van der Waals surface area contributed by atoms with Crippen molar-refractivity contribution in [1.29, 1.82) is 0 Å². The molecule has 3 rings (SSSR count). The molecule has 162 valence electrons. The monoisotopic (exact) mass is 545 g/mol. The number of aliphatic imine (C=N–C) groups is 1. The third-order valence-corrected chi connectivity index (χ3v) is 6.09. The maximum Gasteiger partial charge on any atom is 0.191 e. The van der Waals surface area contributed by atoms with Gasteiger partial charge in [0, 0.05) is 11.9 Å². The van der Waals surface area contributed by atoms with Crippen LogP contribution in [-0.2, 0) is 9.84 Å². The molecule has 0 saturated heterocycles. The number of benzene rings is 2. The largest absolute Gasteiger partial charge is 0.459 e. The van der Waals surface area contributed by atoms with Crippen molar-refractivity contribution in [3.8, 4) is 0 Å².